The van der Waals surface area contributed by atoms with E-state index in [1.165, 1.54) is 37.7 Å². The predicted molar refractivity (Wildman–Crippen MR) is 80.9 cm³/mol. The van der Waals surface area contributed by atoms with Crippen LogP contribution in [0.4, 0.5) is 0 Å². The molecular formula is C17H29N. The Morgan fingerprint density at radius 1 is 1.11 bits per heavy atom. The van der Waals surface area contributed by atoms with Gasteiger partial charge in [-0.3, -0.25) is 0 Å². The molecule has 1 nitrogen and oxygen atoms in total. The van der Waals surface area contributed by atoms with Gasteiger partial charge in [-0.15, -0.1) is 0 Å². The third-order valence-electron chi connectivity index (χ3n) is 3.74. The lowest BCUT2D eigenvalue weighted by Crippen LogP contribution is -2.30. The first-order valence-electron chi connectivity index (χ1n) is 7.53. The van der Waals surface area contributed by atoms with E-state index in [1.807, 2.05) is 0 Å². The van der Waals surface area contributed by atoms with Crippen molar-refractivity contribution >= 4 is 0 Å². The van der Waals surface area contributed by atoms with Crippen LogP contribution in [0.2, 0.25) is 0 Å². The highest BCUT2D eigenvalue weighted by atomic mass is 14.9. The molecule has 0 saturated heterocycles. The molecule has 1 aromatic carbocycles. The van der Waals surface area contributed by atoms with E-state index >= 15 is 0 Å². The lowest BCUT2D eigenvalue weighted by atomic mass is 9.95. The SMILES string of the molecule is CCNC(CCCc1ccccc1)CC(C)CC. The molecule has 2 atom stereocenters. The van der Waals surface area contributed by atoms with Crippen LogP contribution in [0.25, 0.3) is 0 Å². The van der Waals surface area contributed by atoms with Gasteiger partial charge in [-0.05, 0) is 43.7 Å². The summed E-state index contributed by atoms with van der Waals surface area (Å²) in [6.45, 7) is 7.95. The Bertz CT molecular complexity index is 294. The second-order valence-corrected chi connectivity index (χ2v) is 5.38. The second kappa shape index (κ2) is 9.16. The molecule has 0 bridgehead atoms. The predicted octanol–water partition coefficient (Wildman–Crippen LogP) is 4.42. The number of aryl methyl sites for hydroxylation is 1. The van der Waals surface area contributed by atoms with E-state index in [0.717, 1.165) is 12.5 Å². The van der Waals surface area contributed by atoms with E-state index in [2.05, 4.69) is 56.4 Å². The molecule has 1 heteroatoms. The maximum absolute atomic E-state index is 3.63. The van der Waals surface area contributed by atoms with Crippen LogP contribution in [-0.2, 0) is 6.42 Å². The summed E-state index contributed by atoms with van der Waals surface area (Å²) in [4.78, 5) is 0. The summed E-state index contributed by atoms with van der Waals surface area (Å²) in [7, 11) is 0. The monoisotopic (exact) mass is 247 g/mol. The van der Waals surface area contributed by atoms with Gasteiger partial charge in [0, 0.05) is 6.04 Å². The lowest BCUT2D eigenvalue weighted by Gasteiger charge is -2.21. The number of rotatable bonds is 9. The summed E-state index contributed by atoms with van der Waals surface area (Å²) in [6, 6.07) is 11.5. The minimum atomic E-state index is 0.702. The normalized spacial score (nSPS) is 14.4. The molecule has 1 aromatic rings. The van der Waals surface area contributed by atoms with Crippen LogP contribution in [-0.4, -0.2) is 12.6 Å². The number of benzene rings is 1. The standard InChI is InChI=1S/C17H29N/c1-4-15(3)14-17(18-5-2)13-9-12-16-10-7-6-8-11-16/h6-8,10-11,15,17-18H,4-5,9,12-14H2,1-3H3. The van der Waals surface area contributed by atoms with Crippen molar-refractivity contribution in [1.82, 2.24) is 5.32 Å². The van der Waals surface area contributed by atoms with Gasteiger partial charge in [-0.2, -0.15) is 0 Å². The van der Waals surface area contributed by atoms with Crippen LogP contribution >= 0.6 is 0 Å². The molecule has 0 saturated carbocycles. The van der Waals surface area contributed by atoms with Crippen LogP contribution < -0.4 is 5.32 Å². The summed E-state index contributed by atoms with van der Waals surface area (Å²) in [6.07, 6.45) is 6.41. The third-order valence-corrected chi connectivity index (χ3v) is 3.74. The molecule has 1 N–H and O–H groups in total. The van der Waals surface area contributed by atoms with E-state index < -0.39 is 0 Å². The van der Waals surface area contributed by atoms with E-state index in [0.29, 0.717) is 6.04 Å². The van der Waals surface area contributed by atoms with Crippen molar-refractivity contribution in [2.24, 2.45) is 5.92 Å². The fourth-order valence-electron chi connectivity index (χ4n) is 2.44. The van der Waals surface area contributed by atoms with Crippen molar-refractivity contribution in [3.05, 3.63) is 35.9 Å². The molecule has 1 rings (SSSR count). The first-order valence-corrected chi connectivity index (χ1v) is 7.53. The molecule has 0 aliphatic rings. The van der Waals surface area contributed by atoms with Crippen LogP contribution in [0.3, 0.4) is 0 Å². The largest absolute Gasteiger partial charge is 0.314 e. The lowest BCUT2D eigenvalue weighted by molar-refractivity contribution is 0.376. The average Bonchev–Trinajstić information content (AvgIpc) is 2.40. The number of nitrogens with one attached hydrogen (secondary N) is 1. The highest BCUT2D eigenvalue weighted by Crippen LogP contribution is 2.15. The molecule has 102 valence electrons. The first kappa shape index (κ1) is 15.2. The molecule has 18 heavy (non-hydrogen) atoms. The second-order valence-electron chi connectivity index (χ2n) is 5.38. The molecule has 0 amide bonds. The van der Waals surface area contributed by atoms with Gasteiger partial charge in [0.05, 0.1) is 0 Å². The minimum absolute atomic E-state index is 0.702. The molecule has 0 aromatic heterocycles. The maximum atomic E-state index is 3.63. The number of hydrogen-bond acceptors (Lipinski definition) is 1. The van der Waals surface area contributed by atoms with Gasteiger partial charge in [0.25, 0.3) is 0 Å². The van der Waals surface area contributed by atoms with Crippen molar-refractivity contribution in [2.75, 3.05) is 6.54 Å². The zero-order valence-electron chi connectivity index (χ0n) is 12.3. The van der Waals surface area contributed by atoms with E-state index in [9.17, 15) is 0 Å². The van der Waals surface area contributed by atoms with Crippen molar-refractivity contribution in [3.8, 4) is 0 Å². The van der Waals surface area contributed by atoms with Crippen molar-refractivity contribution in [3.63, 3.8) is 0 Å². The van der Waals surface area contributed by atoms with Crippen LogP contribution in [0.5, 0.6) is 0 Å². The highest BCUT2D eigenvalue weighted by molar-refractivity contribution is 5.14. The Labute approximate surface area is 113 Å². The topological polar surface area (TPSA) is 12.0 Å². The summed E-state index contributed by atoms with van der Waals surface area (Å²) < 4.78 is 0. The molecule has 0 radical (unpaired) electrons. The van der Waals surface area contributed by atoms with Gasteiger partial charge < -0.3 is 5.32 Å². The molecule has 0 fully saturated rings. The zero-order chi connectivity index (χ0) is 13.2. The molecular weight excluding hydrogens is 218 g/mol. The molecule has 0 heterocycles. The van der Waals surface area contributed by atoms with Crippen molar-refractivity contribution in [1.29, 1.82) is 0 Å². The van der Waals surface area contributed by atoms with Crippen LogP contribution in [0, 0.1) is 5.92 Å². The molecule has 0 spiro atoms. The Hall–Kier alpha value is -0.820. The molecule has 0 aliphatic heterocycles. The molecule has 2 unspecified atom stereocenters. The van der Waals surface area contributed by atoms with Crippen LogP contribution in [0.1, 0.15) is 52.0 Å². The maximum Gasteiger partial charge on any atom is 0.00695 e. The Balaban J connectivity index is 2.28. The van der Waals surface area contributed by atoms with Crippen molar-refractivity contribution in [2.45, 2.75) is 58.9 Å². The van der Waals surface area contributed by atoms with Gasteiger partial charge in [0.1, 0.15) is 0 Å². The smallest absolute Gasteiger partial charge is 0.00695 e. The minimum Gasteiger partial charge on any atom is -0.314 e. The summed E-state index contributed by atoms with van der Waals surface area (Å²) in [5.41, 5.74) is 1.47. The quantitative estimate of drug-likeness (QED) is 0.681. The third kappa shape index (κ3) is 6.20. The van der Waals surface area contributed by atoms with Gasteiger partial charge in [-0.25, -0.2) is 0 Å². The van der Waals surface area contributed by atoms with Gasteiger partial charge in [0.15, 0.2) is 0 Å². The van der Waals surface area contributed by atoms with Crippen LogP contribution in [0.15, 0.2) is 30.3 Å². The number of hydrogen-bond donors (Lipinski definition) is 1. The highest BCUT2D eigenvalue weighted by Gasteiger charge is 2.10. The summed E-state index contributed by atoms with van der Waals surface area (Å²) in [5.74, 6) is 0.839. The summed E-state index contributed by atoms with van der Waals surface area (Å²) in [5, 5.41) is 3.63. The van der Waals surface area contributed by atoms with E-state index in [4.69, 9.17) is 0 Å². The zero-order valence-corrected chi connectivity index (χ0v) is 12.3. The molecule has 0 aliphatic carbocycles. The van der Waals surface area contributed by atoms with Crippen molar-refractivity contribution < 1.29 is 0 Å². The average molecular weight is 247 g/mol. The Morgan fingerprint density at radius 3 is 2.44 bits per heavy atom. The van der Waals surface area contributed by atoms with Gasteiger partial charge in [-0.1, -0.05) is 57.5 Å². The van der Waals surface area contributed by atoms with E-state index in [1.54, 1.807) is 0 Å². The fourth-order valence-corrected chi connectivity index (χ4v) is 2.44. The van der Waals surface area contributed by atoms with Gasteiger partial charge in [0.2, 0.25) is 0 Å². The first-order chi connectivity index (χ1) is 8.76. The fraction of sp³-hybridized carbons (Fsp3) is 0.647. The Kier molecular flexibility index (Phi) is 7.75. The van der Waals surface area contributed by atoms with Gasteiger partial charge >= 0.3 is 0 Å². The summed E-state index contributed by atoms with van der Waals surface area (Å²) >= 11 is 0. The Morgan fingerprint density at radius 2 is 1.83 bits per heavy atom. The van der Waals surface area contributed by atoms with E-state index in [-0.39, 0.29) is 0 Å².